The molecule has 0 bridgehead atoms. The van der Waals surface area contributed by atoms with Gasteiger partial charge < -0.3 is 5.73 Å². The van der Waals surface area contributed by atoms with Gasteiger partial charge in [-0.1, -0.05) is 18.2 Å². The van der Waals surface area contributed by atoms with Crippen molar-refractivity contribution in [3.8, 4) is 0 Å². The Bertz CT molecular complexity index is 593. The third-order valence-corrected chi connectivity index (χ3v) is 3.38. The monoisotopic (exact) mass is 261 g/mol. The molecule has 0 heterocycles. The smallest absolute Gasteiger partial charge is 0.128 e. The van der Waals surface area contributed by atoms with E-state index < -0.39 is 17.7 Å². The molecular weight excluding hydrogens is 244 g/mol. The molecule has 0 aromatic heterocycles. The standard InChI is InChI=1S/C16H17F2N/c1-10-3-4-12(7-11(10)2)8-16(19)14-9-13(17)5-6-15(14)18/h3-7,9,16H,8,19H2,1-2H3. The fourth-order valence-electron chi connectivity index (χ4n) is 2.09. The molecule has 0 spiro atoms. The molecule has 2 N–H and O–H groups in total. The van der Waals surface area contributed by atoms with Crippen molar-refractivity contribution in [1.82, 2.24) is 0 Å². The van der Waals surface area contributed by atoms with Crippen LogP contribution in [0, 0.1) is 25.5 Å². The molecule has 1 atom stereocenters. The van der Waals surface area contributed by atoms with Crippen molar-refractivity contribution in [1.29, 1.82) is 0 Å². The molecule has 2 rings (SSSR count). The molecule has 3 heteroatoms. The molecule has 0 aliphatic heterocycles. The lowest BCUT2D eigenvalue weighted by molar-refractivity contribution is 0.561. The molecule has 0 saturated carbocycles. The molecule has 0 amide bonds. The van der Waals surface area contributed by atoms with Gasteiger partial charge in [0.25, 0.3) is 0 Å². The number of halogens is 2. The fraction of sp³-hybridized carbons (Fsp3) is 0.250. The van der Waals surface area contributed by atoms with Crippen molar-refractivity contribution >= 4 is 0 Å². The largest absolute Gasteiger partial charge is 0.324 e. The number of rotatable bonds is 3. The van der Waals surface area contributed by atoms with Crippen LogP contribution >= 0.6 is 0 Å². The lowest BCUT2D eigenvalue weighted by atomic mass is 9.97. The minimum Gasteiger partial charge on any atom is -0.324 e. The molecule has 1 nitrogen and oxygen atoms in total. The summed E-state index contributed by atoms with van der Waals surface area (Å²) in [5.74, 6) is -0.926. The van der Waals surface area contributed by atoms with Gasteiger partial charge in [0.05, 0.1) is 0 Å². The lowest BCUT2D eigenvalue weighted by Crippen LogP contribution is -2.15. The van der Waals surface area contributed by atoms with E-state index in [1.807, 2.05) is 32.0 Å². The number of aryl methyl sites for hydroxylation is 2. The molecule has 1 unspecified atom stereocenters. The summed E-state index contributed by atoms with van der Waals surface area (Å²) in [6, 6.07) is 8.86. The van der Waals surface area contributed by atoms with Crippen LogP contribution in [0.25, 0.3) is 0 Å². The Kier molecular flexibility index (Phi) is 3.96. The van der Waals surface area contributed by atoms with Crippen molar-refractivity contribution in [2.75, 3.05) is 0 Å². The topological polar surface area (TPSA) is 26.0 Å². The summed E-state index contributed by atoms with van der Waals surface area (Å²) >= 11 is 0. The van der Waals surface area contributed by atoms with E-state index in [0.717, 1.165) is 17.7 Å². The highest BCUT2D eigenvalue weighted by Gasteiger charge is 2.13. The summed E-state index contributed by atoms with van der Waals surface area (Å²) < 4.78 is 26.8. The number of nitrogens with two attached hydrogens (primary N) is 1. The van der Waals surface area contributed by atoms with E-state index in [9.17, 15) is 8.78 Å². The lowest BCUT2D eigenvalue weighted by Gasteiger charge is -2.14. The molecule has 0 radical (unpaired) electrons. The van der Waals surface area contributed by atoms with Crippen molar-refractivity contribution in [3.05, 3.63) is 70.3 Å². The summed E-state index contributed by atoms with van der Waals surface area (Å²) in [4.78, 5) is 0. The number of benzene rings is 2. The Balaban J connectivity index is 2.22. The molecule has 0 saturated heterocycles. The zero-order chi connectivity index (χ0) is 14.0. The van der Waals surface area contributed by atoms with Crippen molar-refractivity contribution in [2.24, 2.45) is 5.73 Å². The molecule has 0 aliphatic rings. The maximum absolute atomic E-state index is 13.6. The van der Waals surface area contributed by atoms with E-state index in [1.165, 1.54) is 17.2 Å². The summed E-state index contributed by atoms with van der Waals surface area (Å²) in [5, 5.41) is 0. The zero-order valence-electron chi connectivity index (χ0n) is 11.1. The summed E-state index contributed by atoms with van der Waals surface area (Å²) in [5.41, 5.74) is 9.60. The van der Waals surface area contributed by atoms with E-state index in [-0.39, 0.29) is 5.56 Å². The second-order valence-corrected chi connectivity index (χ2v) is 4.90. The Morgan fingerprint density at radius 1 is 1.00 bits per heavy atom. The molecule has 0 fully saturated rings. The highest BCUT2D eigenvalue weighted by Crippen LogP contribution is 2.21. The van der Waals surface area contributed by atoms with Crippen molar-refractivity contribution in [2.45, 2.75) is 26.3 Å². The highest BCUT2D eigenvalue weighted by molar-refractivity contribution is 5.32. The first kappa shape index (κ1) is 13.7. The van der Waals surface area contributed by atoms with Gasteiger partial charge in [0.2, 0.25) is 0 Å². The summed E-state index contributed by atoms with van der Waals surface area (Å²) in [7, 11) is 0. The van der Waals surface area contributed by atoms with Gasteiger partial charge in [-0.15, -0.1) is 0 Å². The molecule has 2 aromatic rings. The van der Waals surface area contributed by atoms with Crippen LogP contribution in [0.4, 0.5) is 8.78 Å². The van der Waals surface area contributed by atoms with Crippen molar-refractivity contribution < 1.29 is 8.78 Å². The van der Waals surface area contributed by atoms with Gasteiger partial charge in [-0.25, -0.2) is 8.78 Å². The van der Waals surface area contributed by atoms with Crippen LogP contribution in [0.2, 0.25) is 0 Å². The SMILES string of the molecule is Cc1ccc(CC(N)c2cc(F)ccc2F)cc1C. The third-order valence-electron chi connectivity index (χ3n) is 3.38. The van der Waals surface area contributed by atoms with Gasteiger partial charge in [0.1, 0.15) is 11.6 Å². The Hall–Kier alpha value is -1.74. The molecule has 19 heavy (non-hydrogen) atoms. The third kappa shape index (κ3) is 3.18. The normalized spacial score (nSPS) is 12.5. The predicted octanol–water partition coefficient (Wildman–Crippen LogP) is 3.82. The summed E-state index contributed by atoms with van der Waals surface area (Å²) in [6.45, 7) is 4.05. The van der Waals surface area contributed by atoms with Gasteiger partial charge in [0.15, 0.2) is 0 Å². The van der Waals surface area contributed by atoms with E-state index >= 15 is 0 Å². The van der Waals surface area contributed by atoms with E-state index in [4.69, 9.17) is 5.73 Å². The molecular formula is C16H17F2N. The minimum absolute atomic E-state index is 0.221. The maximum Gasteiger partial charge on any atom is 0.128 e. The number of hydrogen-bond donors (Lipinski definition) is 1. The van der Waals surface area contributed by atoms with E-state index in [1.54, 1.807) is 0 Å². The Morgan fingerprint density at radius 3 is 2.42 bits per heavy atom. The van der Waals surface area contributed by atoms with Crippen LogP contribution in [0.15, 0.2) is 36.4 Å². The molecule has 2 aromatic carbocycles. The van der Waals surface area contributed by atoms with Gasteiger partial charge in [0, 0.05) is 11.6 Å². The first-order valence-electron chi connectivity index (χ1n) is 6.24. The van der Waals surface area contributed by atoms with Gasteiger partial charge >= 0.3 is 0 Å². The first-order valence-corrected chi connectivity index (χ1v) is 6.24. The van der Waals surface area contributed by atoms with Gasteiger partial charge in [-0.05, 0) is 55.2 Å². The Morgan fingerprint density at radius 2 is 1.74 bits per heavy atom. The second-order valence-electron chi connectivity index (χ2n) is 4.90. The zero-order valence-corrected chi connectivity index (χ0v) is 11.1. The van der Waals surface area contributed by atoms with Crippen LogP contribution in [0.3, 0.4) is 0 Å². The van der Waals surface area contributed by atoms with Gasteiger partial charge in [-0.2, -0.15) is 0 Å². The average molecular weight is 261 g/mol. The van der Waals surface area contributed by atoms with Crippen LogP contribution < -0.4 is 5.73 Å². The quantitative estimate of drug-likeness (QED) is 0.893. The fourth-order valence-corrected chi connectivity index (χ4v) is 2.09. The Labute approximate surface area is 112 Å². The van der Waals surface area contributed by atoms with E-state index in [0.29, 0.717) is 6.42 Å². The van der Waals surface area contributed by atoms with Gasteiger partial charge in [-0.3, -0.25) is 0 Å². The minimum atomic E-state index is -0.544. The first-order chi connectivity index (χ1) is 8.97. The van der Waals surface area contributed by atoms with Crippen LogP contribution in [0.5, 0.6) is 0 Å². The molecule has 0 aliphatic carbocycles. The van der Waals surface area contributed by atoms with Crippen LogP contribution in [-0.4, -0.2) is 0 Å². The van der Waals surface area contributed by atoms with Crippen LogP contribution in [0.1, 0.15) is 28.3 Å². The second kappa shape index (κ2) is 5.49. The average Bonchev–Trinajstić information content (AvgIpc) is 2.36. The molecule has 100 valence electrons. The predicted molar refractivity (Wildman–Crippen MR) is 72.9 cm³/mol. The summed E-state index contributed by atoms with van der Waals surface area (Å²) in [6.07, 6.45) is 0.488. The number of hydrogen-bond acceptors (Lipinski definition) is 1. The van der Waals surface area contributed by atoms with Crippen molar-refractivity contribution in [3.63, 3.8) is 0 Å². The van der Waals surface area contributed by atoms with E-state index in [2.05, 4.69) is 0 Å². The van der Waals surface area contributed by atoms with Crippen LogP contribution in [-0.2, 0) is 6.42 Å². The highest BCUT2D eigenvalue weighted by atomic mass is 19.1. The maximum atomic E-state index is 13.6.